The van der Waals surface area contributed by atoms with Gasteiger partial charge in [-0.25, -0.2) is 14.2 Å². The van der Waals surface area contributed by atoms with Crippen LogP contribution in [0.2, 0.25) is 0 Å². The van der Waals surface area contributed by atoms with Gasteiger partial charge in [0, 0.05) is 11.8 Å². The van der Waals surface area contributed by atoms with E-state index >= 15 is 0 Å². The molecule has 0 saturated heterocycles. The standard InChI is InChI=1S/C27H32FN5O5/c1-5-6-9-19(23(34)24(35)31-21-10-7-8-15-29-21)30-26(36)37-20(27(2,3)4)16-22-32-33-25(38-22)17-11-13-18(28)14-12-17/h7-8,10-15,19-20H,5-6,9,16H2,1-4H3,(H,30,36)(H,29,31,35)/t19-,20+/m0/s1. The monoisotopic (exact) mass is 525 g/mol. The van der Waals surface area contributed by atoms with Gasteiger partial charge in [0.15, 0.2) is 0 Å². The van der Waals surface area contributed by atoms with Crippen LogP contribution in [0.3, 0.4) is 0 Å². The summed E-state index contributed by atoms with van der Waals surface area (Å²) in [7, 11) is 0. The molecule has 1 aromatic carbocycles. The van der Waals surface area contributed by atoms with Crippen molar-refractivity contribution in [3.05, 3.63) is 60.4 Å². The van der Waals surface area contributed by atoms with E-state index in [9.17, 15) is 18.8 Å². The van der Waals surface area contributed by atoms with E-state index < -0.39 is 35.3 Å². The molecule has 2 amide bonds. The number of carbonyl (C=O) groups excluding carboxylic acids is 3. The molecule has 0 unspecified atom stereocenters. The number of hydrogen-bond donors (Lipinski definition) is 2. The minimum Gasteiger partial charge on any atom is -0.445 e. The van der Waals surface area contributed by atoms with Crippen LogP contribution < -0.4 is 10.6 Å². The summed E-state index contributed by atoms with van der Waals surface area (Å²) in [4.78, 5) is 42.2. The van der Waals surface area contributed by atoms with Crippen LogP contribution >= 0.6 is 0 Å². The van der Waals surface area contributed by atoms with Crippen molar-refractivity contribution >= 4 is 23.6 Å². The third-order valence-electron chi connectivity index (χ3n) is 5.72. The highest BCUT2D eigenvalue weighted by molar-refractivity contribution is 6.42. The number of Topliss-reactive ketones (excluding diaryl/α,β-unsaturated/α-hetero) is 1. The smallest absolute Gasteiger partial charge is 0.408 e. The number of aromatic nitrogens is 3. The van der Waals surface area contributed by atoms with Crippen molar-refractivity contribution in [2.45, 2.75) is 65.5 Å². The molecule has 0 aliphatic rings. The zero-order valence-corrected chi connectivity index (χ0v) is 21.9. The lowest BCUT2D eigenvalue weighted by Gasteiger charge is -2.30. The minimum absolute atomic E-state index is 0.110. The van der Waals surface area contributed by atoms with Gasteiger partial charge < -0.3 is 19.8 Å². The highest BCUT2D eigenvalue weighted by atomic mass is 19.1. The molecule has 2 heterocycles. The van der Waals surface area contributed by atoms with Crippen LogP contribution in [0.25, 0.3) is 11.5 Å². The van der Waals surface area contributed by atoms with Gasteiger partial charge in [0.25, 0.3) is 5.91 Å². The van der Waals surface area contributed by atoms with Crippen LogP contribution in [0.1, 0.15) is 52.8 Å². The van der Waals surface area contributed by atoms with Gasteiger partial charge in [-0.3, -0.25) is 9.59 Å². The van der Waals surface area contributed by atoms with E-state index in [1.807, 2.05) is 27.7 Å². The molecule has 2 N–H and O–H groups in total. The van der Waals surface area contributed by atoms with E-state index in [0.717, 1.165) is 6.42 Å². The highest BCUT2D eigenvalue weighted by Gasteiger charge is 2.33. The van der Waals surface area contributed by atoms with Crippen molar-refractivity contribution in [2.24, 2.45) is 5.41 Å². The van der Waals surface area contributed by atoms with Crippen molar-refractivity contribution in [3.63, 3.8) is 0 Å². The van der Waals surface area contributed by atoms with Crippen molar-refractivity contribution < 1.29 is 27.9 Å². The highest BCUT2D eigenvalue weighted by Crippen LogP contribution is 2.27. The Morgan fingerprint density at radius 2 is 1.82 bits per heavy atom. The summed E-state index contributed by atoms with van der Waals surface area (Å²) in [6, 6.07) is 9.47. The minimum atomic E-state index is -1.07. The number of ether oxygens (including phenoxy) is 1. The summed E-state index contributed by atoms with van der Waals surface area (Å²) >= 11 is 0. The first kappa shape index (κ1) is 28.4. The number of nitrogens with one attached hydrogen (secondary N) is 2. The van der Waals surface area contributed by atoms with Crippen molar-refractivity contribution in [1.29, 1.82) is 0 Å². The Kier molecular flexibility index (Phi) is 9.64. The summed E-state index contributed by atoms with van der Waals surface area (Å²) < 4.78 is 24.6. The van der Waals surface area contributed by atoms with Gasteiger partial charge in [0.2, 0.25) is 17.6 Å². The quantitative estimate of drug-likeness (QED) is 0.343. The normalized spacial score (nSPS) is 12.9. The fourth-order valence-electron chi connectivity index (χ4n) is 3.48. The number of pyridine rings is 1. The second kappa shape index (κ2) is 12.9. The summed E-state index contributed by atoms with van der Waals surface area (Å²) in [6.07, 6.45) is 1.70. The molecule has 0 radical (unpaired) electrons. The van der Waals surface area contributed by atoms with Crippen LogP contribution in [-0.2, 0) is 20.7 Å². The summed E-state index contributed by atoms with van der Waals surface area (Å²) in [5.41, 5.74) is 0.0265. The van der Waals surface area contributed by atoms with Gasteiger partial charge in [0.1, 0.15) is 23.8 Å². The SMILES string of the molecule is CCCC[C@H](NC(=O)O[C@H](Cc1nnc(-c2ccc(F)cc2)o1)C(C)(C)C)C(=O)C(=O)Nc1ccccn1. The second-order valence-corrected chi connectivity index (χ2v) is 9.84. The molecule has 10 nitrogen and oxygen atoms in total. The number of carbonyl (C=O) groups is 3. The number of hydrogen-bond acceptors (Lipinski definition) is 8. The van der Waals surface area contributed by atoms with E-state index in [4.69, 9.17) is 9.15 Å². The lowest BCUT2D eigenvalue weighted by atomic mass is 9.87. The van der Waals surface area contributed by atoms with Crippen LogP contribution in [0.4, 0.5) is 15.0 Å². The Labute approximate surface area is 220 Å². The van der Waals surface area contributed by atoms with Gasteiger partial charge >= 0.3 is 6.09 Å². The van der Waals surface area contributed by atoms with Crippen LogP contribution in [0, 0.1) is 11.2 Å². The molecule has 3 aromatic rings. The predicted molar refractivity (Wildman–Crippen MR) is 137 cm³/mol. The van der Waals surface area contributed by atoms with Gasteiger partial charge in [0.05, 0.1) is 6.42 Å². The molecule has 0 aliphatic heterocycles. The molecule has 11 heteroatoms. The molecular weight excluding hydrogens is 493 g/mol. The maximum Gasteiger partial charge on any atom is 0.408 e. The van der Waals surface area contributed by atoms with Crippen molar-refractivity contribution in [3.8, 4) is 11.5 Å². The first-order valence-electron chi connectivity index (χ1n) is 12.4. The predicted octanol–water partition coefficient (Wildman–Crippen LogP) is 4.72. The zero-order chi connectivity index (χ0) is 27.7. The fourth-order valence-corrected chi connectivity index (χ4v) is 3.48. The van der Waals surface area contributed by atoms with Gasteiger partial charge in [-0.05, 0) is 48.2 Å². The zero-order valence-electron chi connectivity index (χ0n) is 21.9. The second-order valence-electron chi connectivity index (χ2n) is 9.84. The number of nitrogens with zero attached hydrogens (tertiary/aromatic N) is 3. The van der Waals surface area contributed by atoms with Crippen molar-refractivity contribution in [2.75, 3.05) is 5.32 Å². The Morgan fingerprint density at radius 1 is 1.08 bits per heavy atom. The number of amides is 2. The number of alkyl carbamates (subject to hydrolysis) is 1. The molecule has 2 atom stereocenters. The molecule has 3 rings (SSSR count). The van der Waals surface area contributed by atoms with Gasteiger partial charge in [-0.2, -0.15) is 0 Å². The van der Waals surface area contributed by atoms with Gasteiger partial charge in [-0.15, -0.1) is 10.2 Å². The summed E-state index contributed by atoms with van der Waals surface area (Å²) in [5, 5.41) is 13.0. The molecule has 38 heavy (non-hydrogen) atoms. The Hall–Kier alpha value is -4.15. The largest absolute Gasteiger partial charge is 0.445 e. The number of rotatable bonds is 11. The number of unbranched alkanes of at least 4 members (excludes halogenated alkanes) is 1. The summed E-state index contributed by atoms with van der Waals surface area (Å²) in [5.74, 6) is -1.39. The number of benzene rings is 1. The Bertz CT molecular complexity index is 1220. The molecule has 0 bridgehead atoms. The molecule has 0 fully saturated rings. The molecule has 202 valence electrons. The number of ketones is 1. The molecule has 2 aromatic heterocycles. The molecule has 0 aliphatic carbocycles. The van der Waals surface area contributed by atoms with E-state index in [2.05, 4.69) is 25.8 Å². The first-order valence-corrected chi connectivity index (χ1v) is 12.4. The number of halogens is 1. The molecular formula is C27H32FN5O5. The maximum absolute atomic E-state index is 13.2. The van der Waals surface area contributed by atoms with Crippen LogP contribution in [0.5, 0.6) is 0 Å². The Morgan fingerprint density at radius 3 is 2.45 bits per heavy atom. The fraction of sp³-hybridized carbons (Fsp3) is 0.407. The van der Waals surface area contributed by atoms with E-state index in [0.29, 0.717) is 12.0 Å². The average molecular weight is 526 g/mol. The topological polar surface area (TPSA) is 136 Å². The van der Waals surface area contributed by atoms with Crippen LogP contribution in [-0.4, -0.2) is 45.1 Å². The van der Waals surface area contributed by atoms with Gasteiger partial charge in [-0.1, -0.05) is 46.6 Å². The van der Waals surface area contributed by atoms with Crippen molar-refractivity contribution in [1.82, 2.24) is 20.5 Å². The molecule has 0 spiro atoms. The van der Waals surface area contributed by atoms with E-state index in [1.54, 1.807) is 18.2 Å². The third-order valence-corrected chi connectivity index (χ3v) is 5.72. The summed E-state index contributed by atoms with van der Waals surface area (Å²) in [6.45, 7) is 7.57. The maximum atomic E-state index is 13.2. The number of anilines is 1. The van der Waals surface area contributed by atoms with E-state index in [1.165, 1.54) is 30.5 Å². The third kappa shape index (κ3) is 8.19. The average Bonchev–Trinajstić information content (AvgIpc) is 3.34. The lowest BCUT2D eigenvalue weighted by Crippen LogP contribution is -2.47. The van der Waals surface area contributed by atoms with Crippen LogP contribution in [0.15, 0.2) is 53.1 Å². The lowest BCUT2D eigenvalue weighted by molar-refractivity contribution is -0.136. The molecule has 0 saturated carbocycles. The first-order chi connectivity index (χ1) is 18.1. The Balaban J connectivity index is 1.67. The van der Waals surface area contributed by atoms with E-state index in [-0.39, 0.29) is 36.3 Å².